The zero-order valence-electron chi connectivity index (χ0n) is 23.1. The lowest BCUT2D eigenvalue weighted by atomic mass is 10.0. The maximum atomic E-state index is 13.3. The zero-order chi connectivity index (χ0) is 30.3. The van der Waals surface area contributed by atoms with Crippen LogP contribution in [-0.4, -0.2) is 63.5 Å². The lowest BCUT2D eigenvalue weighted by Crippen LogP contribution is -2.42. The summed E-state index contributed by atoms with van der Waals surface area (Å²) < 4.78 is 33.4. The van der Waals surface area contributed by atoms with Gasteiger partial charge in [-0.1, -0.05) is 54.8 Å². The molecule has 2 heterocycles. The molecule has 2 fully saturated rings. The van der Waals surface area contributed by atoms with Gasteiger partial charge in [-0.05, 0) is 56.0 Å². The minimum absolute atomic E-state index is 0.0400. The number of fused-ring (bicyclic) bond motifs is 1. The normalized spacial score (nSPS) is 17.7. The lowest BCUT2D eigenvalue weighted by Gasteiger charge is -2.25. The molecule has 1 aliphatic carbocycles. The van der Waals surface area contributed by atoms with Gasteiger partial charge in [0.25, 0.3) is 5.56 Å². The smallest absolute Gasteiger partial charge is 0.475 e. The molecular formula is C30H34ClF3N4O4. The second-order valence-corrected chi connectivity index (χ2v) is 11.1. The minimum atomic E-state index is -5.08. The molecule has 1 atom stereocenters. The number of hydrogen-bond acceptors (Lipinski definition) is 5. The highest BCUT2D eigenvalue weighted by Gasteiger charge is 2.38. The largest absolute Gasteiger partial charge is 0.490 e. The first-order chi connectivity index (χ1) is 20.0. The van der Waals surface area contributed by atoms with E-state index in [1.165, 1.54) is 12.8 Å². The molecule has 226 valence electrons. The van der Waals surface area contributed by atoms with E-state index in [0.29, 0.717) is 29.9 Å². The lowest BCUT2D eigenvalue weighted by molar-refractivity contribution is -0.192. The number of nitrogens with zero attached hydrogens (tertiary/aromatic N) is 3. The number of aromatic nitrogens is 2. The van der Waals surface area contributed by atoms with Crippen LogP contribution < -0.4 is 10.9 Å². The van der Waals surface area contributed by atoms with Crippen LogP contribution in [0.25, 0.3) is 10.8 Å². The molecule has 1 aliphatic heterocycles. The Balaban J connectivity index is 0.000000517. The molecule has 2 aliphatic rings. The van der Waals surface area contributed by atoms with Gasteiger partial charge in [-0.25, -0.2) is 9.48 Å². The highest BCUT2D eigenvalue weighted by atomic mass is 35.5. The summed E-state index contributed by atoms with van der Waals surface area (Å²) >= 11 is 6.06. The Kier molecular flexibility index (Phi) is 10.6. The van der Waals surface area contributed by atoms with E-state index in [-0.39, 0.29) is 23.4 Å². The van der Waals surface area contributed by atoms with E-state index in [9.17, 15) is 22.8 Å². The summed E-state index contributed by atoms with van der Waals surface area (Å²) in [6.45, 7) is 3.02. The average molecular weight is 607 g/mol. The second-order valence-electron chi connectivity index (χ2n) is 10.7. The Morgan fingerprint density at radius 2 is 1.64 bits per heavy atom. The topological polar surface area (TPSA) is 105 Å². The van der Waals surface area contributed by atoms with Crippen molar-refractivity contribution >= 4 is 34.2 Å². The quantitative estimate of drug-likeness (QED) is 0.372. The summed E-state index contributed by atoms with van der Waals surface area (Å²) in [5.41, 5.74) is 1.97. The van der Waals surface area contributed by atoms with Crippen molar-refractivity contribution in [3.05, 3.63) is 75.2 Å². The van der Waals surface area contributed by atoms with Crippen molar-refractivity contribution in [1.29, 1.82) is 0 Å². The number of aliphatic carboxylic acids is 1. The maximum absolute atomic E-state index is 13.3. The van der Waals surface area contributed by atoms with Crippen molar-refractivity contribution in [2.24, 2.45) is 5.92 Å². The van der Waals surface area contributed by atoms with Crippen LogP contribution in [0.1, 0.15) is 49.8 Å². The first-order valence-corrected chi connectivity index (χ1v) is 14.5. The molecule has 0 radical (unpaired) electrons. The molecule has 2 aromatic carbocycles. The van der Waals surface area contributed by atoms with Gasteiger partial charge < -0.3 is 10.4 Å². The molecule has 0 spiro atoms. The predicted molar refractivity (Wildman–Crippen MR) is 154 cm³/mol. The fourth-order valence-electron chi connectivity index (χ4n) is 5.61. The Morgan fingerprint density at radius 3 is 2.29 bits per heavy atom. The van der Waals surface area contributed by atoms with Crippen LogP contribution in [0.4, 0.5) is 13.2 Å². The van der Waals surface area contributed by atoms with Crippen molar-refractivity contribution in [3.8, 4) is 0 Å². The fourth-order valence-corrected chi connectivity index (χ4v) is 5.73. The number of amides is 1. The van der Waals surface area contributed by atoms with Crippen molar-refractivity contribution in [1.82, 2.24) is 20.0 Å². The number of carboxylic acid groups (broad SMARTS) is 1. The number of carbonyl (C=O) groups is 2. The number of nitrogens with one attached hydrogen (secondary N) is 1. The summed E-state index contributed by atoms with van der Waals surface area (Å²) in [4.78, 5) is 37.0. The molecule has 1 amide bonds. The van der Waals surface area contributed by atoms with Crippen LogP contribution in [0.2, 0.25) is 5.02 Å². The summed E-state index contributed by atoms with van der Waals surface area (Å²) in [6.07, 6.45) is 2.06. The van der Waals surface area contributed by atoms with Crippen LogP contribution >= 0.6 is 11.6 Å². The van der Waals surface area contributed by atoms with Crippen LogP contribution in [-0.2, 0) is 22.6 Å². The third-order valence-electron chi connectivity index (χ3n) is 7.78. The van der Waals surface area contributed by atoms with E-state index in [1.807, 2.05) is 48.5 Å². The average Bonchev–Trinajstić information content (AvgIpc) is 3.65. The van der Waals surface area contributed by atoms with Gasteiger partial charge in [0.15, 0.2) is 0 Å². The van der Waals surface area contributed by atoms with E-state index in [1.54, 1.807) is 4.68 Å². The fraction of sp³-hybridized carbons (Fsp3) is 0.467. The Morgan fingerprint density at radius 1 is 1.00 bits per heavy atom. The summed E-state index contributed by atoms with van der Waals surface area (Å²) in [6, 6.07) is 15.8. The van der Waals surface area contributed by atoms with Gasteiger partial charge in [0.1, 0.15) is 0 Å². The van der Waals surface area contributed by atoms with Crippen molar-refractivity contribution in [3.63, 3.8) is 0 Å². The summed E-state index contributed by atoms with van der Waals surface area (Å²) in [5.74, 6) is -2.35. The van der Waals surface area contributed by atoms with Crippen molar-refractivity contribution in [2.75, 3.05) is 19.6 Å². The van der Waals surface area contributed by atoms with E-state index < -0.39 is 12.1 Å². The standard InChI is InChI=1S/C28H33ClN4O2.C2HF3O2/c29-22-13-11-20(12-14-22)18-26-24-9-3-4-10-25(24)28(35)33(31-26)19-23-8-5-16-32(23)17-15-30-27(34)21-6-1-2-7-21;3-2(4,5)1(6)7/h3-4,9-14,21,23H,1-2,5-8,15-19H2,(H,30,34);(H,6,7)/t23-;/m1./s1. The molecule has 8 nitrogen and oxygen atoms in total. The number of likely N-dealkylation sites (tertiary alicyclic amines) is 1. The van der Waals surface area contributed by atoms with Crippen LogP contribution in [0.15, 0.2) is 53.3 Å². The molecule has 1 saturated carbocycles. The van der Waals surface area contributed by atoms with E-state index in [0.717, 1.165) is 55.4 Å². The van der Waals surface area contributed by atoms with Gasteiger partial charge in [0, 0.05) is 41.9 Å². The summed E-state index contributed by atoms with van der Waals surface area (Å²) in [7, 11) is 0. The highest BCUT2D eigenvalue weighted by molar-refractivity contribution is 6.30. The van der Waals surface area contributed by atoms with Gasteiger partial charge in [-0.3, -0.25) is 14.5 Å². The number of rotatable bonds is 8. The number of carbonyl (C=O) groups excluding carboxylic acids is 1. The van der Waals surface area contributed by atoms with Crippen LogP contribution in [0.3, 0.4) is 0 Å². The van der Waals surface area contributed by atoms with E-state index in [4.69, 9.17) is 26.6 Å². The predicted octanol–water partition coefficient (Wildman–Crippen LogP) is 5.04. The van der Waals surface area contributed by atoms with E-state index >= 15 is 0 Å². The van der Waals surface area contributed by atoms with Gasteiger partial charge >= 0.3 is 12.1 Å². The molecule has 5 rings (SSSR count). The first kappa shape index (κ1) is 31.5. The highest BCUT2D eigenvalue weighted by Crippen LogP contribution is 2.25. The monoisotopic (exact) mass is 606 g/mol. The molecule has 1 aromatic heterocycles. The SMILES string of the molecule is O=C(NCCN1CCC[C@@H]1Cn1nc(Cc2ccc(Cl)cc2)c2ccccc2c1=O)C1CCCC1.O=C(O)C(F)(F)F. The zero-order valence-corrected chi connectivity index (χ0v) is 23.8. The molecule has 3 aromatic rings. The third-order valence-corrected chi connectivity index (χ3v) is 8.03. The maximum Gasteiger partial charge on any atom is 0.490 e. The number of halogens is 4. The second kappa shape index (κ2) is 14.2. The Labute approximate surface area is 246 Å². The molecule has 12 heteroatoms. The molecule has 42 heavy (non-hydrogen) atoms. The van der Waals surface area contributed by atoms with Gasteiger partial charge in [0.2, 0.25) is 5.91 Å². The molecule has 1 saturated heterocycles. The number of carboxylic acids is 1. The first-order valence-electron chi connectivity index (χ1n) is 14.1. The Hall–Kier alpha value is -3.44. The molecule has 0 unspecified atom stereocenters. The van der Waals surface area contributed by atoms with Crippen molar-refractivity contribution in [2.45, 2.75) is 63.7 Å². The van der Waals surface area contributed by atoms with Gasteiger partial charge in [-0.15, -0.1) is 0 Å². The van der Waals surface area contributed by atoms with Crippen molar-refractivity contribution < 1.29 is 27.9 Å². The number of benzene rings is 2. The molecule has 2 N–H and O–H groups in total. The van der Waals surface area contributed by atoms with Gasteiger partial charge in [-0.2, -0.15) is 18.3 Å². The van der Waals surface area contributed by atoms with Crippen LogP contribution in [0, 0.1) is 5.92 Å². The molecule has 0 bridgehead atoms. The number of hydrogen-bond donors (Lipinski definition) is 2. The summed E-state index contributed by atoms with van der Waals surface area (Å²) in [5, 5.41) is 17.4. The Bertz CT molecular complexity index is 1440. The molecular weight excluding hydrogens is 573 g/mol. The van der Waals surface area contributed by atoms with E-state index in [2.05, 4.69) is 10.2 Å². The minimum Gasteiger partial charge on any atom is -0.475 e. The third kappa shape index (κ3) is 8.32. The van der Waals surface area contributed by atoms with Gasteiger partial charge in [0.05, 0.1) is 17.6 Å². The van der Waals surface area contributed by atoms with Crippen LogP contribution in [0.5, 0.6) is 0 Å². The number of alkyl halides is 3.